The molecule has 0 aliphatic heterocycles. The van der Waals surface area contributed by atoms with Gasteiger partial charge in [-0.15, -0.1) is 0 Å². The van der Waals surface area contributed by atoms with E-state index in [0.717, 1.165) is 61.2 Å². The average molecular weight is 760 g/mol. The number of rotatable bonds is 20. The molecular weight excluding hydrogens is 673 g/mol. The fourth-order valence-electron chi connectivity index (χ4n) is 12.6. The van der Waals surface area contributed by atoms with Crippen LogP contribution in [0, 0.1) is 52.3 Å². The summed E-state index contributed by atoms with van der Waals surface area (Å²) in [6.45, 7) is 31.5. The summed E-state index contributed by atoms with van der Waals surface area (Å²) in [7, 11) is -0.922. The predicted octanol–water partition coefficient (Wildman–Crippen LogP) is 13.3. The molecule has 0 radical (unpaired) electrons. The molecule has 0 aromatic carbocycles. The first kappa shape index (κ1) is 45.0. The Kier molecular flexibility index (Phi) is 16.7. The molecule has 308 valence electrons. The highest BCUT2D eigenvalue weighted by Crippen LogP contribution is 2.67. The molecule has 0 aromatic heterocycles. The third-order valence-electron chi connectivity index (χ3n) is 15.1. The van der Waals surface area contributed by atoms with Gasteiger partial charge in [0.25, 0.3) is 0 Å². The van der Waals surface area contributed by atoms with Crippen LogP contribution in [0.25, 0.3) is 0 Å². The largest absolute Gasteiger partial charge is 0.465 e. The van der Waals surface area contributed by atoms with Crippen molar-refractivity contribution in [2.75, 3.05) is 6.61 Å². The summed E-state index contributed by atoms with van der Waals surface area (Å²) < 4.78 is 11.9. The van der Waals surface area contributed by atoms with Gasteiger partial charge in [-0.05, 0) is 185 Å². The first-order valence-electron chi connectivity index (χ1n) is 22.6. The molecule has 7 heteroatoms. The van der Waals surface area contributed by atoms with Crippen molar-refractivity contribution in [1.82, 2.24) is 14.7 Å². The van der Waals surface area contributed by atoms with Gasteiger partial charge < -0.3 is 14.9 Å². The standard InChI is InChI=1S/C46H86N3O3P/c1-31(2)16-14-17-36(11)41-23-24-42-40-22-20-38-30-37(25-27-45(38,12)43(40)26-28-46(41,42)13)19-21-39(47-44(50)51)18-15-29-52-53(48(32(3)4)33(5)6)49(34(7)8)35(9)10/h20,31-37,39-43,47H,14-19,21-30H2,1-13H3,(H,50,51)/t36-,37?,39?,40?,41-,42?,43?,45+,46-/m1/s1. The molecule has 0 aromatic rings. The summed E-state index contributed by atoms with van der Waals surface area (Å²) in [4.78, 5) is 11.9. The lowest BCUT2D eigenvalue weighted by Crippen LogP contribution is -2.50. The van der Waals surface area contributed by atoms with Gasteiger partial charge >= 0.3 is 6.09 Å². The van der Waals surface area contributed by atoms with Crippen molar-refractivity contribution >= 4 is 14.5 Å². The van der Waals surface area contributed by atoms with Crippen molar-refractivity contribution in [1.29, 1.82) is 0 Å². The number of carboxylic acid groups (broad SMARTS) is 1. The van der Waals surface area contributed by atoms with Crippen molar-refractivity contribution in [2.24, 2.45) is 52.3 Å². The minimum Gasteiger partial charge on any atom is -0.465 e. The van der Waals surface area contributed by atoms with E-state index in [1.165, 1.54) is 70.6 Å². The van der Waals surface area contributed by atoms with Crippen LogP contribution in [0.2, 0.25) is 0 Å². The molecule has 9 atom stereocenters. The minimum atomic E-state index is -0.922. The van der Waals surface area contributed by atoms with Gasteiger partial charge in [0, 0.05) is 30.2 Å². The molecule has 4 rings (SSSR count). The highest BCUT2D eigenvalue weighted by atomic mass is 31.2. The maximum atomic E-state index is 11.9. The number of hydrogen-bond acceptors (Lipinski definition) is 4. The third kappa shape index (κ3) is 10.8. The maximum absolute atomic E-state index is 11.9. The monoisotopic (exact) mass is 760 g/mol. The van der Waals surface area contributed by atoms with Crippen molar-refractivity contribution in [3.63, 3.8) is 0 Å². The lowest BCUT2D eigenvalue weighted by molar-refractivity contribution is -0.0530. The zero-order valence-electron chi connectivity index (χ0n) is 36.9. The molecule has 1 amide bonds. The van der Waals surface area contributed by atoms with E-state index >= 15 is 0 Å². The van der Waals surface area contributed by atoms with Gasteiger partial charge in [-0.1, -0.05) is 65.5 Å². The number of nitrogens with zero attached hydrogens (tertiary/aromatic N) is 2. The van der Waals surface area contributed by atoms with Crippen LogP contribution in [0.1, 0.15) is 186 Å². The first-order chi connectivity index (χ1) is 24.9. The molecule has 5 unspecified atom stereocenters. The lowest BCUT2D eigenvalue weighted by Gasteiger charge is -2.58. The van der Waals surface area contributed by atoms with Gasteiger partial charge in [0.05, 0.1) is 6.61 Å². The second kappa shape index (κ2) is 19.7. The molecule has 3 fully saturated rings. The van der Waals surface area contributed by atoms with E-state index in [4.69, 9.17) is 4.52 Å². The summed E-state index contributed by atoms with van der Waals surface area (Å²) in [6.07, 6.45) is 20.7. The fraction of sp³-hybridized carbons (Fsp3) is 0.935. The zero-order chi connectivity index (χ0) is 39.2. The molecule has 4 aliphatic carbocycles. The Morgan fingerprint density at radius 3 is 2.06 bits per heavy atom. The summed E-state index contributed by atoms with van der Waals surface area (Å²) in [5, 5.41) is 12.7. The first-order valence-corrected chi connectivity index (χ1v) is 23.8. The second-order valence-corrected chi connectivity index (χ2v) is 22.2. The molecule has 53 heavy (non-hydrogen) atoms. The number of fused-ring (bicyclic) bond motifs is 5. The molecule has 4 aliphatic rings. The van der Waals surface area contributed by atoms with E-state index in [1.807, 2.05) is 0 Å². The Labute approximate surface area is 329 Å². The summed E-state index contributed by atoms with van der Waals surface area (Å²) in [5.74, 6) is 5.92. The van der Waals surface area contributed by atoms with E-state index in [2.05, 4.69) is 111 Å². The molecule has 0 bridgehead atoms. The highest BCUT2D eigenvalue weighted by Gasteiger charge is 2.59. The molecule has 0 spiro atoms. The number of allylic oxidation sites excluding steroid dienone is 2. The smallest absolute Gasteiger partial charge is 0.404 e. The fourth-order valence-corrected chi connectivity index (χ4v) is 15.0. The number of nitrogens with one attached hydrogen (secondary N) is 1. The molecule has 0 saturated heterocycles. The van der Waals surface area contributed by atoms with Gasteiger partial charge in [-0.3, -0.25) is 0 Å². The summed E-state index contributed by atoms with van der Waals surface area (Å²) >= 11 is 0. The molecule has 6 nitrogen and oxygen atoms in total. The number of amides is 1. The molecule has 0 heterocycles. The number of carbonyl (C=O) groups is 1. The lowest BCUT2D eigenvalue weighted by atomic mass is 9.46. The van der Waals surface area contributed by atoms with Crippen molar-refractivity contribution < 1.29 is 14.4 Å². The molecular formula is C46H86N3O3P. The van der Waals surface area contributed by atoms with E-state index in [1.54, 1.807) is 5.57 Å². The van der Waals surface area contributed by atoms with Crippen LogP contribution in [0.15, 0.2) is 11.6 Å². The predicted molar refractivity (Wildman–Crippen MR) is 227 cm³/mol. The van der Waals surface area contributed by atoms with Crippen LogP contribution in [0.3, 0.4) is 0 Å². The van der Waals surface area contributed by atoms with Crippen LogP contribution in [0.4, 0.5) is 4.79 Å². The van der Waals surface area contributed by atoms with Crippen molar-refractivity contribution in [3.05, 3.63) is 11.6 Å². The normalized spacial score (nSPS) is 31.5. The summed E-state index contributed by atoms with van der Waals surface area (Å²) in [5.41, 5.74) is 2.68. The van der Waals surface area contributed by atoms with Crippen LogP contribution in [0.5, 0.6) is 0 Å². The zero-order valence-corrected chi connectivity index (χ0v) is 37.8. The highest BCUT2D eigenvalue weighted by molar-refractivity contribution is 7.47. The topological polar surface area (TPSA) is 65.0 Å². The van der Waals surface area contributed by atoms with E-state index in [0.29, 0.717) is 47.5 Å². The van der Waals surface area contributed by atoms with Gasteiger partial charge in [-0.25, -0.2) is 14.1 Å². The SMILES string of the molecule is CC(C)CCC[C@@H](C)[C@H]1CCC2C3CC=C4CC(CCC(CCCOP(N(C(C)C)C(C)C)N(C(C)C)C(C)C)NC(=O)O)CC[C@]4(C)C3CC[C@@]21C. The van der Waals surface area contributed by atoms with E-state index in [9.17, 15) is 9.90 Å². The quantitative estimate of drug-likeness (QED) is 0.0735. The Morgan fingerprint density at radius 2 is 1.47 bits per heavy atom. The number of hydrogen-bond donors (Lipinski definition) is 2. The van der Waals surface area contributed by atoms with Crippen LogP contribution >= 0.6 is 8.45 Å². The van der Waals surface area contributed by atoms with Gasteiger partial charge in [-0.2, -0.15) is 0 Å². The molecule has 3 saturated carbocycles. The Balaban J connectivity index is 1.33. The third-order valence-corrected chi connectivity index (χ3v) is 18.1. The Morgan fingerprint density at radius 1 is 0.830 bits per heavy atom. The van der Waals surface area contributed by atoms with Crippen molar-refractivity contribution in [2.45, 2.75) is 217 Å². The average Bonchev–Trinajstić information content (AvgIpc) is 3.41. The van der Waals surface area contributed by atoms with Crippen LogP contribution in [-0.4, -0.2) is 57.4 Å². The maximum Gasteiger partial charge on any atom is 0.404 e. The van der Waals surface area contributed by atoms with Gasteiger partial charge in [0.2, 0.25) is 0 Å². The van der Waals surface area contributed by atoms with E-state index < -0.39 is 14.5 Å². The molecule has 2 N–H and O–H groups in total. The van der Waals surface area contributed by atoms with Gasteiger partial charge in [0.1, 0.15) is 0 Å². The second-order valence-electron chi connectivity index (χ2n) is 20.5. The van der Waals surface area contributed by atoms with E-state index in [-0.39, 0.29) is 6.04 Å². The Bertz CT molecular complexity index is 1140. The van der Waals surface area contributed by atoms with Gasteiger partial charge in [0.15, 0.2) is 8.45 Å². The Hall–Kier alpha value is -0.680. The van der Waals surface area contributed by atoms with Crippen LogP contribution < -0.4 is 5.32 Å². The summed E-state index contributed by atoms with van der Waals surface area (Å²) in [6, 6.07) is 1.53. The van der Waals surface area contributed by atoms with Crippen molar-refractivity contribution in [3.8, 4) is 0 Å². The minimum absolute atomic E-state index is 0.0166. The van der Waals surface area contributed by atoms with Crippen LogP contribution in [-0.2, 0) is 4.52 Å².